The second-order valence-corrected chi connectivity index (χ2v) is 9.23. The molecule has 0 spiro atoms. The summed E-state index contributed by atoms with van der Waals surface area (Å²) in [5.74, 6) is 1.63. The second kappa shape index (κ2) is 11.7. The van der Waals surface area contributed by atoms with Crippen molar-refractivity contribution in [2.75, 3.05) is 21.3 Å². The molecule has 39 heavy (non-hydrogen) atoms. The number of rotatable bonds is 9. The quantitative estimate of drug-likeness (QED) is 0.138. The highest BCUT2D eigenvalue weighted by Crippen LogP contribution is 2.40. The summed E-state index contributed by atoms with van der Waals surface area (Å²) in [6.07, 6.45) is 9.90. The lowest BCUT2D eigenvalue weighted by Crippen LogP contribution is -2.28. The maximum atomic E-state index is 13.2. The van der Waals surface area contributed by atoms with Crippen LogP contribution in [0.25, 0.3) is 18.2 Å². The zero-order valence-electron chi connectivity index (χ0n) is 22.5. The van der Waals surface area contributed by atoms with E-state index in [0.29, 0.717) is 28.4 Å². The molecule has 7 heteroatoms. The molecule has 0 radical (unpaired) electrons. The van der Waals surface area contributed by atoms with Crippen LogP contribution in [0.2, 0.25) is 0 Å². The van der Waals surface area contributed by atoms with E-state index in [2.05, 4.69) is 0 Å². The number of methoxy groups -OCH3 is 3. The molecule has 4 rings (SSSR count). The maximum Gasteiger partial charge on any atom is 0.336 e. The van der Waals surface area contributed by atoms with Crippen LogP contribution in [0.5, 0.6) is 28.7 Å². The van der Waals surface area contributed by atoms with Crippen LogP contribution in [0.1, 0.15) is 40.9 Å². The Hall–Kier alpha value is -4.78. The molecule has 3 aromatic rings. The Labute approximate surface area is 227 Å². The smallest absolute Gasteiger partial charge is 0.336 e. The van der Waals surface area contributed by atoms with Crippen molar-refractivity contribution in [1.29, 1.82) is 0 Å². The molecule has 0 saturated carbocycles. The van der Waals surface area contributed by atoms with Gasteiger partial charge in [-0.3, -0.25) is 4.79 Å². The largest absolute Gasteiger partial charge is 0.497 e. The number of allylic oxidation sites excluding steroid dienone is 1. The topological polar surface area (TPSA) is 80.3 Å². The van der Waals surface area contributed by atoms with Gasteiger partial charge in [0.15, 0.2) is 17.3 Å². The van der Waals surface area contributed by atoms with Crippen molar-refractivity contribution in [2.45, 2.75) is 19.4 Å². The number of hydrogen-bond acceptors (Lipinski definition) is 7. The molecule has 0 saturated heterocycles. The van der Waals surface area contributed by atoms with Gasteiger partial charge < -0.3 is 23.7 Å². The fraction of sp³-hybridized carbons (Fsp3) is 0.188. The number of hydrogen-bond donors (Lipinski definition) is 0. The summed E-state index contributed by atoms with van der Waals surface area (Å²) in [4.78, 5) is 25.7. The van der Waals surface area contributed by atoms with Gasteiger partial charge in [-0.05, 0) is 85.7 Å². The molecule has 0 N–H and O–H groups in total. The lowest BCUT2D eigenvalue weighted by Gasteiger charge is -2.29. The van der Waals surface area contributed by atoms with Crippen molar-refractivity contribution < 1.29 is 33.3 Å². The molecule has 0 amide bonds. The van der Waals surface area contributed by atoms with Crippen molar-refractivity contribution in [3.05, 3.63) is 95.1 Å². The first-order valence-electron chi connectivity index (χ1n) is 12.3. The Balaban J connectivity index is 1.52. The van der Waals surface area contributed by atoms with E-state index in [9.17, 15) is 9.59 Å². The molecule has 1 aliphatic heterocycles. The third kappa shape index (κ3) is 6.57. The molecule has 0 bridgehead atoms. The van der Waals surface area contributed by atoms with Gasteiger partial charge in [-0.2, -0.15) is 0 Å². The molecule has 1 heterocycles. The molecule has 0 fully saturated rings. The van der Waals surface area contributed by atoms with Crippen molar-refractivity contribution in [2.24, 2.45) is 0 Å². The first-order valence-corrected chi connectivity index (χ1v) is 12.3. The fourth-order valence-electron chi connectivity index (χ4n) is 3.96. The number of carbonyl (C=O) groups excluding carboxylic acids is 2. The fourth-order valence-corrected chi connectivity index (χ4v) is 3.96. The van der Waals surface area contributed by atoms with Crippen molar-refractivity contribution in [1.82, 2.24) is 0 Å². The third-order valence-corrected chi connectivity index (χ3v) is 6.01. The van der Waals surface area contributed by atoms with Crippen LogP contribution >= 0.6 is 0 Å². The average molecular weight is 527 g/mol. The summed E-state index contributed by atoms with van der Waals surface area (Å²) in [6.45, 7) is 3.84. The molecule has 0 atom stereocenters. The first kappa shape index (κ1) is 27.3. The monoisotopic (exact) mass is 526 g/mol. The van der Waals surface area contributed by atoms with Gasteiger partial charge in [0, 0.05) is 6.08 Å². The molecule has 1 aliphatic rings. The summed E-state index contributed by atoms with van der Waals surface area (Å²) in [5, 5.41) is 0. The average Bonchev–Trinajstić information content (AvgIpc) is 2.94. The molecule has 0 unspecified atom stereocenters. The van der Waals surface area contributed by atoms with Gasteiger partial charge >= 0.3 is 5.97 Å². The molecular weight excluding hydrogens is 496 g/mol. The number of fused-ring (bicyclic) bond motifs is 1. The van der Waals surface area contributed by atoms with Gasteiger partial charge in [0.05, 0.1) is 32.5 Å². The van der Waals surface area contributed by atoms with E-state index < -0.39 is 11.6 Å². The van der Waals surface area contributed by atoms with Crippen LogP contribution in [0, 0.1) is 0 Å². The Kier molecular flexibility index (Phi) is 8.20. The number of ketones is 1. The van der Waals surface area contributed by atoms with Crippen LogP contribution in [-0.2, 0) is 4.79 Å². The summed E-state index contributed by atoms with van der Waals surface area (Å²) < 4.78 is 27.6. The Bertz CT molecular complexity index is 1460. The van der Waals surface area contributed by atoms with E-state index >= 15 is 0 Å². The zero-order chi connectivity index (χ0) is 28.0. The van der Waals surface area contributed by atoms with Gasteiger partial charge in [0.1, 0.15) is 22.8 Å². The third-order valence-electron chi connectivity index (χ3n) is 6.01. The summed E-state index contributed by atoms with van der Waals surface area (Å²) in [6, 6.07) is 15.8. The summed E-state index contributed by atoms with van der Waals surface area (Å²) >= 11 is 0. The minimum Gasteiger partial charge on any atom is -0.497 e. The van der Waals surface area contributed by atoms with Crippen molar-refractivity contribution >= 4 is 30.0 Å². The molecular formula is C32H30O7. The second-order valence-electron chi connectivity index (χ2n) is 9.23. The van der Waals surface area contributed by atoms with E-state index in [1.165, 1.54) is 19.3 Å². The van der Waals surface area contributed by atoms with Gasteiger partial charge in [0.2, 0.25) is 0 Å². The molecule has 7 nitrogen and oxygen atoms in total. The van der Waals surface area contributed by atoms with Gasteiger partial charge in [-0.25, -0.2) is 4.79 Å². The number of carbonyl (C=O) groups is 2. The lowest BCUT2D eigenvalue weighted by molar-refractivity contribution is -0.129. The first-order chi connectivity index (χ1) is 18.7. The highest BCUT2D eigenvalue weighted by Gasteiger charge is 2.27. The normalized spacial score (nSPS) is 13.6. The van der Waals surface area contributed by atoms with E-state index in [1.54, 1.807) is 68.8 Å². The number of benzene rings is 3. The minimum atomic E-state index is -0.570. The van der Waals surface area contributed by atoms with Crippen molar-refractivity contribution in [3.63, 3.8) is 0 Å². The maximum absolute atomic E-state index is 13.2. The Morgan fingerprint density at radius 2 is 1.44 bits per heavy atom. The zero-order valence-corrected chi connectivity index (χ0v) is 22.5. The number of ether oxygens (including phenoxy) is 5. The van der Waals surface area contributed by atoms with E-state index in [-0.39, 0.29) is 11.5 Å². The van der Waals surface area contributed by atoms with Crippen LogP contribution in [0.3, 0.4) is 0 Å². The predicted molar refractivity (Wildman–Crippen MR) is 151 cm³/mol. The van der Waals surface area contributed by atoms with Gasteiger partial charge in [-0.15, -0.1) is 0 Å². The van der Waals surface area contributed by atoms with Crippen LogP contribution in [-0.4, -0.2) is 38.7 Å². The standard InChI is InChI=1S/C32H30O7/c1-32(2)19-18-25-27(36-4)16-13-24(31(25)39-32)26(33)14-8-22-9-15-28(37-5)29(20-22)38-30(34)17-10-21-6-11-23(35-3)12-7-21/h6-20H,1-5H3/b14-8+,17-10?. The van der Waals surface area contributed by atoms with E-state index in [1.807, 2.05) is 38.1 Å². The van der Waals surface area contributed by atoms with Crippen LogP contribution < -0.4 is 23.7 Å². The van der Waals surface area contributed by atoms with Gasteiger partial charge in [0.25, 0.3) is 0 Å². The Morgan fingerprint density at radius 3 is 2.13 bits per heavy atom. The summed E-state index contributed by atoms with van der Waals surface area (Å²) in [7, 11) is 4.66. The molecule has 3 aromatic carbocycles. The highest BCUT2D eigenvalue weighted by molar-refractivity contribution is 6.09. The number of esters is 1. The highest BCUT2D eigenvalue weighted by atomic mass is 16.6. The lowest BCUT2D eigenvalue weighted by atomic mass is 9.97. The van der Waals surface area contributed by atoms with Crippen LogP contribution in [0.15, 0.2) is 72.8 Å². The molecule has 0 aromatic heterocycles. The van der Waals surface area contributed by atoms with E-state index in [0.717, 1.165) is 16.9 Å². The predicted octanol–water partition coefficient (Wildman–Crippen LogP) is 6.41. The molecule has 200 valence electrons. The van der Waals surface area contributed by atoms with E-state index in [4.69, 9.17) is 23.7 Å². The summed E-state index contributed by atoms with van der Waals surface area (Å²) in [5.41, 5.74) is 2.04. The SMILES string of the molecule is COc1ccc(C=CC(=O)Oc2cc(/C=C/C(=O)c3ccc(OC)c4c3OC(C)(C)C=C4)ccc2OC)cc1. The van der Waals surface area contributed by atoms with Gasteiger partial charge in [-0.1, -0.05) is 24.3 Å². The van der Waals surface area contributed by atoms with Crippen LogP contribution in [0.4, 0.5) is 0 Å². The molecule has 0 aliphatic carbocycles. The van der Waals surface area contributed by atoms with Crippen molar-refractivity contribution in [3.8, 4) is 28.7 Å². The minimum absolute atomic E-state index is 0.230. The Morgan fingerprint density at radius 1 is 0.769 bits per heavy atom.